The number of aromatic nitrogens is 2. The smallest absolute Gasteiger partial charge is 0.317 e. The van der Waals surface area contributed by atoms with Crippen LogP contribution in [0.25, 0.3) is 0 Å². The minimum absolute atomic E-state index is 0.000594. The lowest BCUT2D eigenvalue weighted by molar-refractivity contribution is 0.164. The number of rotatable bonds is 2. The molecule has 1 N–H and O–H groups in total. The van der Waals surface area contributed by atoms with Gasteiger partial charge in [0.05, 0.1) is 18.4 Å². The van der Waals surface area contributed by atoms with Crippen LogP contribution < -0.4 is 5.32 Å². The standard InChI is InChI=1S/C10H12ClN5O3S/c11-9-12-4-8(5-13-9)20(18,19)15-1-2-16-7(6-15)3-14-10(16)17/h4-5,7H,1-3,6H2,(H,14,17). The summed E-state index contributed by atoms with van der Waals surface area (Å²) in [7, 11) is -3.65. The molecule has 0 aliphatic carbocycles. The Balaban J connectivity index is 1.82. The van der Waals surface area contributed by atoms with Crippen molar-refractivity contribution < 1.29 is 13.2 Å². The molecule has 2 fully saturated rings. The molecule has 1 aromatic rings. The number of nitrogens with one attached hydrogen (secondary N) is 1. The molecule has 0 spiro atoms. The highest BCUT2D eigenvalue weighted by Crippen LogP contribution is 2.21. The SMILES string of the molecule is O=C1NCC2CN(S(=O)(=O)c3cnc(Cl)nc3)CCN12. The molecule has 10 heteroatoms. The van der Waals surface area contributed by atoms with E-state index in [9.17, 15) is 13.2 Å². The number of halogens is 1. The number of carbonyl (C=O) groups excluding carboxylic acids is 1. The van der Waals surface area contributed by atoms with Gasteiger partial charge in [-0.25, -0.2) is 23.2 Å². The first-order valence-electron chi connectivity index (χ1n) is 6.00. The molecule has 3 rings (SSSR count). The molecular weight excluding hydrogens is 306 g/mol. The summed E-state index contributed by atoms with van der Waals surface area (Å²) in [6.45, 7) is 1.37. The van der Waals surface area contributed by atoms with Crippen LogP contribution in [-0.4, -0.2) is 65.8 Å². The molecule has 1 atom stereocenters. The van der Waals surface area contributed by atoms with Crippen LogP contribution in [0.2, 0.25) is 5.28 Å². The van der Waals surface area contributed by atoms with Gasteiger partial charge in [0, 0.05) is 26.2 Å². The minimum atomic E-state index is -3.65. The number of sulfonamides is 1. The van der Waals surface area contributed by atoms with Gasteiger partial charge in [-0.2, -0.15) is 4.31 Å². The Morgan fingerprint density at radius 3 is 2.70 bits per heavy atom. The first-order chi connectivity index (χ1) is 9.48. The topological polar surface area (TPSA) is 95.5 Å². The number of hydrogen-bond acceptors (Lipinski definition) is 5. The highest BCUT2D eigenvalue weighted by molar-refractivity contribution is 7.89. The maximum atomic E-state index is 12.4. The maximum Gasteiger partial charge on any atom is 0.317 e. The van der Waals surface area contributed by atoms with Crippen LogP contribution in [0.3, 0.4) is 0 Å². The predicted octanol–water partition coefficient (Wildman–Crippen LogP) is -0.472. The van der Waals surface area contributed by atoms with Gasteiger partial charge >= 0.3 is 6.03 Å². The van der Waals surface area contributed by atoms with Gasteiger partial charge in [-0.15, -0.1) is 0 Å². The first-order valence-corrected chi connectivity index (χ1v) is 7.82. The zero-order chi connectivity index (χ0) is 14.3. The van der Waals surface area contributed by atoms with Crippen molar-refractivity contribution in [1.82, 2.24) is 24.5 Å². The summed E-state index contributed by atoms with van der Waals surface area (Å²) < 4.78 is 26.2. The van der Waals surface area contributed by atoms with Gasteiger partial charge in [-0.05, 0) is 11.6 Å². The normalized spacial score (nSPS) is 23.6. The Morgan fingerprint density at radius 2 is 2.00 bits per heavy atom. The van der Waals surface area contributed by atoms with Crippen molar-refractivity contribution in [2.24, 2.45) is 0 Å². The van der Waals surface area contributed by atoms with Gasteiger partial charge in [0.1, 0.15) is 4.90 Å². The first kappa shape index (κ1) is 13.5. The van der Waals surface area contributed by atoms with Crippen LogP contribution in [0.4, 0.5) is 4.79 Å². The lowest BCUT2D eigenvalue weighted by Crippen LogP contribution is -2.53. The monoisotopic (exact) mass is 317 g/mol. The van der Waals surface area contributed by atoms with Crippen LogP contribution in [0.5, 0.6) is 0 Å². The molecule has 0 aromatic carbocycles. The fourth-order valence-electron chi connectivity index (χ4n) is 2.38. The fraction of sp³-hybridized carbons (Fsp3) is 0.500. The molecule has 8 nitrogen and oxygen atoms in total. The third-order valence-electron chi connectivity index (χ3n) is 3.43. The Bertz CT molecular complexity index is 635. The van der Waals surface area contributed by atoms with Crippen molar-refractivity contribution in [2.45, 2.75) is 10.9 Å². The van der Waals surface area contributed by atoms with Crippen LogP contribution in [0, 0.1) is 0 Å². The van der Waals surface area contributed by atoms with Gasteiger partial charge in [0.2, 0.25) is 15.3 Å². The lowest BCUT2D eigenvalue weighted by Gasteiger charge is -2.35. The van der Waals surface area contributed by atoms with Gasteiger partial charge in [-0.1, -0.05) is 0 Å². The second-order valence-corrected chi connectivity index (χ2v) is 6.86. The summed E-state index contributed by atoms with van der Waals surface area (Å²) in [5.41, 5.74) is 0. The zero-order valence-corrected chi connectivity index (χ0v) is 11.9. The molecule has 108 valence electrons. The van der Waals surface area contributed by atoms with Crippen molar-refractivity contribution in [2.75, 3.05) is 26.2 Å². The minimum Gasteiger partial charge on any atom is -0.336 e. The molecule has 2 saturated heterocycles. The van der Waals surface area contributed by atoms with E-state index >= 15 is 0 Å². The van der Waals surface area contributed by atoms with Crippen molar-refractivity contribution in [3.8, 4) is 0 Å². The summed E-state index contributed by atoms with van der Waals surface area (Å²) in [6, 6.07) is -0.263. The van der Waals surface area contributed by atoms with E-state index in [1.54, 1.807) is 4.90 Å². The Morgan fingerprint density at radius 1 is 1.30 bits per heavy atom. The average molecular weight is 318 g/mol. The second-order valence-electron chi connectivity index (χ2n) is 4.58. The van der Waals surface area contributed by atoms with E-state index < -0.39 is 10.0 Å². The van der Waals surface area contributed by atoms with Crippen molar-refractivity contribution in [3.05, 3.63) is 17.7 Å². The molecule has 1 aromatic heterocycles. The average Bonchev–Trinajstić information content (AvgIpc) is 2.80. The number of amides is 2. The van der Waals surface area contributed by atoms with E-state index in [4.69, 9.17) is 11.6 Å². The molecule has 1 unspecified atom stereocenters. The Labute approximate surface area is 120 Å². The largest absolute Gasteiger partial charge is 0.336 e. The molecule has 2 aliphatic heterocycles. The number of piperazine rings is 1. The van der Waals surface area contributed by atoms with Crippen LogP contribution >= 0.6 is 11.6 Å². The maximum absolute atomic E-state index is 12.4. The van der Waals surface area contributed by atoms with E-state index in [2.05, 4.69) is 15.3 Å². The summed E-state index contributed by atoms with van der Waals surface area (Å²) in [5.74, 6) is 0. The van der Waals surface area contributed by atoms with Crippen LogP contribution in [0.1, 0.15) is 0 Å². The van der Waals surface area contributed by atoms with E-state index in [1.165, 1.54) is 16.7 Å². The Kier molecular flexibility index (Phi) is 3.27. The highest BCUT2D eigenvalue weighted by atomic mass is 35.5. The fourth-order valence-corrected chi connectivity index (χ4v) is 3.83. The second kappa shape index (κ2) is 4.83. The van der Waals surface area contributed by atoms with Gasteiger partial charge in [0.25, 0.3) is 0 Å². The molecule has 20 heavy (non-hydrogen) atoms. The van der Waals surface area contributed by atoms with Crippen molar-refractivity contribution in [1.29, 1.82) is 0 Å². The highest BCUT2D eigenvalue weighted by Gasteiger charge is 2.39. The van der Waals surface area contributed by atoms with Crippen LogP contribution in [0.15, 0.2) is 17.3 Å². The number of fused-ring (bicyclic) bond motifs is 1. The summed E-state index contributed by atoms with van der Waals surface area (Å²) >= 11 is 5.55. The van der Waals surface area contributed by atoms with Gasteiger partial charge in [0.15, 0.2) is 0 Å². The number of nitrogens with zero attached hydrogens (tertiary/aromatic N) is 4. The summed E-state index contributed by atoms with van der Waals surface area (Å²) in [5, 5.41) is 2.70. The molecule has 0 radical (unpaired) electrons. The molecule has 2 aliphatic rings. The third kappa shape index (κ3) is 2.21. The van der Waals surface area contributed by atoms with Gasteiger partial charge in [-0.3, -0.25) is 0 Å². The van der Waals surface area contributed by atoms with Crippen LogP contribution in [-0.2, 0) is 10.0 Å². The molecule has 2 amide bonds. The van der Waals surface area contributed by atoms with Gasteiger partial charge < -0.3 is 10.2 Å². The number of hydrogen-bond donors (Lipinski definition) is 1. The Hall–Kier alpha value is -1.45. The molecule has 0 saturated carbocycles. The lowest BCUT2D eigenvalue weighted by atomic mass is 10.2. The zero-order valence-electron chi connectivity index (χ0n) is 10.4. The summed E-state index contributed by atoms with van der Waals surface area (Å²) in [6.07, 6.45) is 2.38. The predicted molar refractivity (Wildman–Crippen MR) is 69.7 cm³/mol. The van der Waals surface area contributed by atoms with E-state index in [1.807, 2.05) is 0 Å². The number of urea groups is 1. The third-order valence-corrected chi connectivity index (χ3v) is 5.44. The van der Waals surface area contributed by atoms with Crippen molar-refractivity contribution in [3.63, 3.8) is 0 Å². The van der Waals surface area contributed by atoms with E-state index in [0.29, 0.717) is 13.1 Å². The van der Waals surface area contributed by atoms with Crippen molar-refractivity contribution >= 4 is 27.7 Å². The summed E-state index contributed by atoms with van der Waals surface area (Å²) in [4.78, 5) is 20.5. The number of carbonyl (C=O) groups is 1. The van der Waals surface area contributed by atoms with E-state index in [-0.39, 0.29) is 35.3 Å². The molecule has 3 heterocycles. The quantitative estimate of drug-likeness (QED) is 0.744. The molecular formula is C10H12ClN5O3S. The molecule has 0 bridgehead atoms. The van der Waals surface area contributed by atoms with E-state index in [0.717, 1.165) is 0 Å².